The standard InChI is InChI=1S/C8H12N4/c1-3-5-8-7-9-12(6-4-2)11-10-8/h3-4,7,11H,1-2,5-6H2. The van der Waals surface area contributed by atoms with Gasteiger partial charge in [0, 0.05) is 6.42 Å². The van der Waals surface area contributed by atoms with Gasteiger partial charge in [0.2, 0.25) is 0 Å². The number of hydrazine groups is 1. The number of allylic oxidation sites excluding steroid dienone is 1. The highest BCUT2D eigenvalue weighted by Gasteiger charge is 2.02. The normalized spacial score (nSPS) is 15.0. The smallest absolute Gasteiger partial charge is 0.0862 e. The molecule has 0 bridgehead atoms. The number of nitrogens with one attached hydrogen (secondary N) is 1. The van der Waals surface area contributed by atoms with Crippen molar-refractivity contribution in [3.8, 4) is 0 Å². The van der Waals surface area contributed by atoms with Gasteiger partial charge in [0.15, 0.2) is 0 Å². The molecule has 1 aliphatic rings. The fourth-order valence-electron chi connectivity index (χ4n) is 0.769. The third kappa shape index (κ3) is 2.23. The van der Waals surface area contributed by atoms with Crippen LogP contribution in [0.15, 0.2) is 35.5 Å². The first kappa shape index (κ1) is 8.52. The van der Waals surface area contributed by atoms with Crippen molar-refractivity contribution >= 4 is 11.9 Å². The van der Waals surface area contributed by atoms with Crippen LogP contribution in [0.1, 0.15) is 6.42 Å². The first-order valence-electron chi connectivity index (χ1n) is 3.72. The molecule has 0 unspecified atom stereocenters. The van der Waals surface area contributed by atoms with Crippen LogP contribution in [0.2, 0.25) is 0 Å². The highest BCUT2D eigenvalue weighted by atomic mass is 15.8. The molecule has 0 radical (unpaired) electrons. The SMILES string of the molecule is C=CCC1=NNN(CC=C)N=C1. The molecule has 12 heavy (non-hydrogen) atoms. The predicted molar refractivity (Wildman–Crippen MR) is 50.8 cm³/mol. The van der Waals surface area contributed by atoms with Crippen LogP contribution in [0.4, 0.5) is 0 Å². The molecule has 0 fully saturated rings. The van der Waals surface area contributed by atoms with E-state index < -0.39 is 0 Å². The van der Waals surface area contributed by atoms with Gasteiger partial charge in [0.05, 0.1) is 18.5 Å². The van der Waals surface area contributed by atoms with Crippen molar-refractivity contribution in [2.45, 2.75) is 6.42 Å². The zero-order valence-electron chi connectivity index (χ0n) is 6.90. The predicted octanol–water partition coefficient (Wildman–Crippen LogP) is 0.911. The monoisotopic (exact) mass is 164 g/mol. The quantitative estimate of drug-likeness (QED) is 0.627. The molecule has 0 saturated heterocycles. The minimum Gasteiger partial charge on any atom is -0.202 e. The maximum atomic E-state index is 4.07. The summed E-state index contributed by atoms with van der Waals surface area (Å²) in [7, 11) is 0. The van der Waals surface area contributed by atoms with Gasteiger partial charge in [-0.1, -0.05) is 12.2 Å². The van der Waals surface area contributed by atoms with E-state index in [0.29, 0.717) is 6.54 Å². The number of hydrazone groups is 2. The van der Waals surface area contributed by atoms with Crippen molar-refractivity contribution in [2.75, 3.05) is 6.54 Å². The lowest BCUT2D eigenvalue weighted by molar-refractivity contribution is 0.223. The van der Waals surface area contributed by atoms with E-state index in [9.17, 15) is 0 Å². The zero-order chi connectivity index (χ0) is 8.81. The summed E-state index contributed by atoms with van der Waals surface area (Å²) < 4.78 is 0. The molecule has 0 atom stereocenters. The van der Waals surface area contributed by atoms with Crippen LogP contribution < -0.4 is 5.53 Å². The molecule has 64 valence electrons. The van der Waals surface area contributed by atoms with Crippen LogP contribution in [0, 0.1) is 0 Å². The Morgan fingerprint density at radius 1 is 1.50 bits per heavy atom. The first-order chi connectivity index (χ1) is 5.86. The second-order valence-corrected chi connectivity index (χ2v) is 2.31. The van der Waals surface area contributed by atoms with Crippen molar-refractivity contribution in [3.05, 3.63) is 25.3 Å². The lowest BCUT2D eigenvalue weighted by Gasteiger charge is -2.19. The Morgan fingerprint density at radius 3 is 2.83 bits per heavy atom. The largest absolute Gasteiger partial charge is 0.202 e. The van der Waals surface area contributed by atoms with Gasteiger partial charge in [-0.3, -0.25) is 0 Å². The van der Waals surface area contributed by atoms with Gasteiger partial charge in [0.1, 0.15) is 0 Å². The Bertz CT molecular complexity index is 229. The summed E-state index contributed by atoms with van der Waals surface area (Å²) in [6.45, 7) is 7.84. The van der Waals surface area contributed by atoms with Gasteiger partial charge < -0.3 is 0 Å². The molecule has 1 N–H and O–H groups in total. The first-order valence-corrected chi connectivity index (χ1v) is 3.72. The van der Waals surface area contributed by atoms with Crippen LogP contribution in [-0.4, -0.2) is 23.6 Å². The minimum absolute atomic E-state index is 0.640. The van der Waals surface area contributed by atoms with Crippen LogP contribution in [0.3, 0.4) is 0 Å². The third-order valence-corrected chi connectivity index (χ3v) is 1.31. The molecule has 0 aromatic heterocycles. The average molecular weight is 164 g/mol. The molecule has 4 heteroatoms. The molecule has 0 aromatic rings. The maximum Gasteiger partial charge on any atom is 0.0862 e. The van der Waals surface area contributed by atoms with Crippen LogP contribution in [0.25, 0.3) is 0 Å². The van der Waals surface area contributed by atoms with Gasteiger partial charge in [0.25, 0.3) is 0 Å². The Labute approximate surface area is 71.9 Å². The van der Waals surface area contributed by atoms with E-state index in [2.05, 4.69) is 28.9 Å². The van der Waals surface area contributed by atoms with Gasteiger partial charge >= 0.3 is 0 Å². The second-order valence-electron chi connectivity index (χ2n) is 2.31. The summed E-state index contributed by atoms with van der Waals surface area (Å²) in [6.07, 6.45) is 5.98. The molecule has 1 rings (SSSR count). The van der Waals surface area contributed by atoms with E-state index in [1.54, 1.807) is 23.5 Å². The second kappa shape index (κ2) is 4.33. The molecule has 4 nitrogen and oxygen atoms in total. The van der Waals surface area contributed by atoms with Crippen molar-refractivity contribution in [1.82, 2.24) is 10.7 Å². The number of nitrogens with zero attached hydrogens (tertiary/aromatic N) is 3. The number of hydrogen-bond donors (Lipinski definition) is 1. The fourth-order valence-corrected chi connectivity index (χ4v) is 0.769. The molecule has 0 saturated carbocycles. The fraction of sp³-hybridized carbons (Fsp3) is 0.250. The molecule has 0 aromatic carbocycles. The summed E-state index contributed by atoms with van der Waals surface area (Å²) in [5.41, 5.74) is 3.64. The highest BCUT2D eigenvalue weighted by molar-refractivity contribution is 6.31. The van der Waals surface area contributed by atoms with Gasteiger partial charge in [-0.2, -0.15) is 15.3 Å². The van der Waals surface area contributed by atoms with E-state index >= 15 is 0 Å². The Balaban J connectivity index is 2.43. The summed E-state index contributed by atoms with van der Waals surface area (Å²) in [5, 5.41) is 9.71. The summed E-state index contributed by atoms with van der Waals surface area (Å²) in [4.78, 5) is 0. The van der Waals surface area contributed by atoms with E-state index in [1.165, 1.54) is 0 Å². The van der Waals surface area contributed by atoms with Crippen LogP contribution >= 0.6 is 0 Å². The molecular formula is C8H12N4. The molecule has 1 heterocycles. The van der Waals surface area contributed by atoms with Crippen molar-refractivity contribution in [2.24, 2.45) is 10.2 Å². The molecule has 0 aliphatic carbocycles. The van der Waals surface area contributed by atoms with Gasteiger partial charge in [-0.25, -0.2) is 5.53 Å². The van der Waals surface area contributed by atoms with Crippen molar-refractivity contribution < 1.29 is 0 Å². The van der Waals surface area contributed by atoms with E-state index in [4.69, 9.17) is 0 Å². The van der Waals surface area contributed by atoms with E-state index in [-0.39, 0.29) is 0 Å². The molecule has 0 spiro atoms. The third-order valence-electron chi connectivity index (χ3n) is 1.31. The summed E-state index contributed by atoms with van der Waals surface area (Å²) in [6, 6.07) is 0. The average Bonchev–Trinajstić information content (AvgIpc) is 2.09. The van der Waals surface area contributed by atoms with Gasteiger partial charge in [-0.05, 0) is 0 Å². The van der Waals surface area contributed by atoms with E-state index in [0.717, 1.165) is 12.1 Å². The highest BCUT2D eigenvalue weighted by Crippen LogP contribution is 1.93. The molecule has 1 aliphatic heterocycles. The minimum atomic E-state index is 0.640. The summed E-state index contributed by atoms with van der Waals surface area (Å²) in [5.74, 6) is 0. The lowest BCUT2D eigenvalue weighted by Crippen LogP contribution is -2.34. The molecule has 0 amide bonds. The van der Waals surface area contributed by atoms with E-state index in [1.807, 2.05) is 0 Å². The van der Waals surface area contributed by atoms with Crippen LogP contribution in [0.5, 0.6) is 0 Å². The summed E-state index contributed by atoms with van der Waals surface area (Å²) >= 11 is 0. The van der Waals surface area contributed by atoms with Crippen molar-refractivity contribution in [1.29, 1.82) is 0 Å². The molecular weight excluding hydrogens is 152 g/mol. The van der Waals surface area contributed by atoms with Crippen LogP contribution in [-0.2, 0) is 0 Å². The Morgan fingerprint density at radius 2 is 2.33 bits per heavy atom. The Hall–Kier alpha value is -1.58. The van der Waals surface area contributed by atoms with Crippen molar-refractivity contribution in [3.63, 3.8) is 0 Å². The topological polar surface area (TPSA) is 40.0 Å². The Kier molecular flexibility index (Phi) is 3.07. The number of rotatable bonds is 4. The zero-order valence-corrected chi connectivity index (χ0v) is 6.90. The number of hydrogen-bond acceptors (Lipinski definition) is 4. The van der Waals surface area contributed by atoms with Gasteiger partial charge in [-0.15, -0.1) is 13.2 Å². The lowest BCUT2D eigenvalue weighted by atomic mass is 10.3. The maximum absolute atomic E-state index is 4.07.